The van der Waals surface area contributed by atoms with Crippen LogP contribution in [0.4, 0.5) is 5.82 Å². The third kappa shape index (κ3) is 2.16. The maximum Gasteiger partial charge on any atom is 0.341 e. The molecule has 0 aromatic carbocycles. The molecular formula is C11H15N3O2. The maximum absolute atomic E-state index is 11.1. The maximum atomic E-state index is 11.1. The molecule has 0 saturated heterocycles. The highest BCUT2D eigenvalue weighted by molar-refractivity contribution is 5.94. The molecule has 0 aliphatic carbocycles. The number of aromatic nitrogens is 2. The van der Waals surface area contributed by atoms with E-state index < -0.39 is 5.97 Å². The van der Waals surface area contributed by atoms with Crippen LogP contribution in [0.25, 0.3) is 0 Å². The van der Waals surface area contributed by atoms with Gasteiger partial charge in [-0.15, -0.1) is 6.42 Å². The zero-order chi connectivity index (χ0) is 12.3. The van der Waals surface area contributed by atoms with Crippen molar-refractivity contribution in [3.05, 3.63) is 11.3 Å². The molecule has 1 heterocycles. The van der Waals surface area contributed by atoms with Gasteiger partial charge in [0.15, 0.2) is 0 Å². The van der Waals surface area contributed by atoms with Crippen LogP contribution < -0.4 is 5.32 Å². The number of rotatable bonds is 4. The van der Waals surface area contributed by atoms with E-state index >= 15 is 0 Å². The van der Waals surface area contributed by atoms with Crippen LogP contribution in [0.1, 0.15) is 29.4 Å². The van der Waals surface area contributed by atoms with Gasteiger partial charge in [0, 0.05) is 7.05 Å². The lowest BCUT2D eigenvalue weighted by Crippen LogP contribution is -2.19. The van der Waals surface area contributed by atoms with Crippen LogP contribution in [-0.2, 0) is 7.05 Å². The van der Waals surface area contributed by atoms with E-state index in [0.717, 1.165) is 6.42 Å². The van der Waals surface area contributed by atoms with Crippen LogP contribution in [-0.4, -0.2) is 26.9 Å². The summed E-state index contributed by atoms with van der Waals surface area (Å²) in [6, 6.07) is -0.187. The van der Waals surface area contributed by atoms with E-state index in [4.69, 9.17) is 11.5 Å². The normalized spacial score (nSPS) is 11.9. The number of aryl methyl sites for hydroxylation is 2. The third-order valence-corrected chi connectivity index (χ3v) is 2.36. The van der Waals surface area contributed by atoms with E-state index in [1.54, 1.807) is 14.0 Å². The number of nitrogens with one attached hydrogen (secondary N) is 1. The summed E-state index contributed by atoms with van der Waals surface area (Å²) < 4.78 is 1.50. The van der Waals surface area contributed by atoms with E-state index in [1.165, 1.54) is 4.68 Å². The summed E-state index contributed by atoms with van der Waals surface area (Å²) in [6.45, 7) is 3.59. The minimum Gasteiger partial charge on any atom is -0.477 e. The van der Waals surface area contributed by atoms with Gasteiger partial charge in [-0.3, -0.25) is 4.68 Å². The molecule has 0 fully saturated rings. The second-order valence-corrected chi connectivity index (χ2v) is 3.51. The van der Waals surface area contributed by atoms with Gasteiger partial charge in [-0.05, 0) is 13.3 Å². The molecule has 0 radical (unpaired) electrons. The van der Waals surface area contributed by atoms with Crippen molar-refractivity contribution in [2.75, 3.05) is 5.32 Å². The van der Waals surface area contributed by atoms with Crippen molar-refractivity contribution in [2.45, 2.75) is 26.3 Å². The topological polar surface area (TPSA) is 67.2 Å². The Morgan fingerprint density at radius 3 is 2.81 bits per heavy atom. The third-order valence-electron chi connectivity index (χ3n) is 2.36. The first kappa shape index (κ1) is 12.1. The van der Waals surface area contributed by atoms with Gasteiger partial charge in [-0.1, -0.05) is 12.8 Å². The average Bonchev–Trinajstić information content (AvgIpc) is 2.49. The van der Waals surface area contributed by atoms with Gasteiger partial charge in [0.05, 0.1) is 11.7 Å². The van der Waals surface area contributed by atoms with Crippen molar-refractivity contribution in [1.82, 2.24) is 9.78 Å². The zero-order valence-electron chi connectivity index (χ0n) is 9.61. The van der Waals surface area contributed by atoms with Crippen LogP contribution in [0, 0.1) is 19.3 Å². The van der Waals surface area contributed by atoms with E-state index in [0.29, 0.717) is 11.5 Å². The molecule has 1 atom stereocenters. The lowest BCUT2D eigenvalue weighted by molar-refractivity contribution is 0.0697. The summed E-state index contributed by atoms with van der Waals surface area (Å²) in [6.07, 6.45) is 6.05. The molecule has 0 aliphatic rings. The Labute approximate surface area is 94.5 Å². The van der Waals surface area contributed by atoms with Gasteiger partial charge < -0.3 is 10.4 Å². The Morgan fingerprint density at radius 2 is 2.38 bits per heavy atom. The van der Waals surface area contributed by atoms with E-state index in [1.807, 2.05) is 6.92 Å². The van der Waals surface area contributed by atoms with Crippen LogP contribution in [0.15, 0.2) is 0 Å². The molecule has 1 aromatic heterocycles. The number of carbonyl (C=O) groups is 1. The minimum atomic E-state index is -1.00. The Morgan fingerprint density at radius 1 is 1.75 bits per heavy atom. The number of anilines is 1. The number of hydrogen-bond donors (Lipinski definition) is 2. The number of nitrogens with zero attached hydrogens (tertiary/aromatic N) is 2. The quantitative estimate of drug-likeness (QED) is 0.751. The standard InChI is InChI=1S/C11H15N3O2/c1-5-8(6-2)12-10-9(11(15)16)7(3)13-14(10)4/h1,8,12H,6H2,2-4H3,(H,15,16). The average molecular weight is 221 g/mol. The summed E-state index contributed by atoms with van der Waals surface area (Å²) in [4.78, 5) is 11.1. The van der Waals surface area contributed by atoms with Gasteiger partial charge >= 0.3 is 5.97 Å². The molecule has 5 nitrogen and oxygen atoms in total. The van der Waals surface area contributed by atoms with Crippen molar-refractivity contribution in [2.24, 2.45) is 7.05 Å². The first-order valence-corrected chi connectivity index (χ1v) is 5.00. The van der Waals surface area contributed by atoms with Crippen molar-refractivity contribution >= 4 is 11.8 Å². The van der Waals surface area contributed by atoms with Gasteiger partial charge in [-0.2, -0.15) is 5.10 Å². The highest BCUT2D eigenvalue weighted by atomic mass is 16.4. The van der Waals surface area contributed by atoms with Gasteiger partial charge in [0.25, 0.3) is 0 Å². The van der Waals surface area contributed by atoms with Crippen LogP contribution in [0.3, 0.4) is 0 Å². The molecule has 1 rings (SSSR count). The van der Waals surface area contributed by atoms with Gasteiger partial charge in [0.1, 0.15) is 11.4 Å². The molecule has 1 aromatic rings. The van der Waals surface area contributed by atoms with Crippen molar-refractivity contribution in [1.29, 1.82) is 0 Å². The van der Waals surface area contributed by atoms with Crippen LogP contribution >= 0.6 is 0 Å². The predicted octanol–water partition coefficient (Wildman–Crippen LogP) is 1.25. The van der Waals surface area contributed by atoms with E-state index in [9.17, 15) is 4.79 Å². The largest absolute Gasteiger partial charge is 0.477 e. The van der Waals surface area contributed by atoms with Crippen molar-refractivity contribution in [3.8, 4) is 12.3 Å². The molecule has 0 amide bonds. The predicted molar refractivity (Wildman–Crippen MR) is 61.4 cm³/mol. The monoisotopic (exact) mass is 221 g/mol. The summed E-state index contributed by atoms with van der Waals surface area (Å²) in [5.74, 6) is 2.01. The Hall–Kier alpha value is -1.96. The number of terminal acetylenes is 1. The van der Waals surface area contributed by atoms with E-state index in [2.05, 4.69) is 16.3 Å². The fraction of sp³-hybridized carbons (Fsp3) is 0.455. The molecule has 2 N–H and O–H groups in total. The number of aromatic carboxylic acids is 1. The molecule has 5 heteroatoms. The minimum absolute atomic E-state index is 0.177. The molecule has 0 spiro atoms. The number of hydrogen-bond acceptors (Lipinski definition) is 3. The fourth-order valence-corrected chi connectivity index (χ4v) is 1.51. The van der Waals surface area contributed by atoms with E-state index in [-0.39, 0.29) is 11.6 Å². The van der Waals surface area contributed by atoms with Crippen LogP contribution in [0.2, 0.25) is 0 Å². The zero-order valence-corrected chi connectivity index (χ0v) is 9.61. The molecule has 16 heavy (non-hydrogen) atoms. The summed E-state index contributed by atoms with van der Waals surface area (Å²) in [5.41, 5.74) is 0.653. The number of carboxylic acids is 1. The fourth-order valence-electron chi connectivity index (χ4n) is 1.51. The molecule has 0 aliphatic heterocycles. The van der Waals surface area contributed by atoms with Crippen molar-refractivity contribution < 1.29 is 9.90 Å². The molecule has 0 saturated carbocycles. The molecule has 86 valence electrons. The highest BCUT2D eigenvalue weighted by Gasteiger charge is 2.20. The van der Waals surface area contributed by atoms with Gasteiger partial charge in [-0.25, -0.2) is 4.79 Å². The first-order valence-electron chi connectivity index (χ1n) is 5.00. The lowest BCUT2D eigenvalue weighted by Gasteiger charge is -2.12. The van der Waals surface area contributed by atoms with Crippen LogP contribution in [0.5, 0.6) is 0 Å². The summed E-state index contributed by atoms with van der Waals surface area (Å²) >= 11 is 0. The SMILES string of the molecule is C#CC(CC)Nc1c(C(=O)O)c(C)nn1C. The summed E-state index contributed by atoms with van der Waals surface area (Å²) in [7, 11) is 1.69. The summed E-state index contributed by atoms with van der Waals surface area (Å²) in [5, 5.41) is 16.1. The Bertz CT molecular complexity index is 443. The Balaban J connectivity index is 3.13. The number of carboxylic acid groups (broad SMARTS) is 1. The molecule has 0 bridgehead atoms. The second kappa shape index (κ2) is 4.71. The lowest BCUT2D eigenvalue weighted by atomic mass is 10.2. The molecular weight excluding hydrogens is 206 g/mol. The first-order chi connectivity index (χ1) is 7.51. The smallest absolute Gasteiger partial charge is 0.341 e. The second-order valence-electron chi connectivity index (χ2n) is 3.51. The van der Waals surface area contributed by atoms with Crippen molar-refractivity contribution in [3.63, 3.8) is 0 Å². The highest BCUT2D eigenvalue weighted by Crippen LogP contribution is 2.19. The van der Waals surface area contributed by atoms with Gasteiger partial charge in [0.2, 0.25) is 0 Å². The Kier molecular flexibility index (Phi) is 3.56. The molecule has 1 unspecified atom stereocenters.